The monoisotopic (exact) mass is 294 g/mol. The third-order valence-corrected chi connectivity index (χ3v) is 4.31. The van der Waals surface area contributed by atoms with Crippen LogP contribution < -0.4 is 0 Å². The molecule has 0 radical (unpaired) electrons. The van der Waals surface area contributed by atoms with Gasteiger partial charge in [0.15, 0.2) is 0 Å². The molecule has 0 spiro atoms. The maximum Gasteiger partial charge on any atom is 0.523 e. The topological polar surface area (TPSA) is 43.4 Å². The fraction of sp³-hybridized carbons (Fsp3) is 0.500. The lowest BCUT2D eigenvalue weighted by molar-refractivity contribution is -0.0581. The first-order chi connectivity index (χ1) is 8.72. The molecule has 1 aromatic carbocycles. The second-order valence-corrected chi connectivity index (χ2v) is 6.16. The van der Waals surface area contributed by atoms with Crippen molar-refractivity contribution >= 4 is 10.1 Å². The van der Waals surface area contributed by atoms with Gasteiger partial charge in [-0.2, -0.15) is 21.6 Å². The average Bonchev–Trinajstić information content (AvgIpc) is 2.32. The summed E-state index contributed by atoms with van der Waals surface area (Å²) in [5.74, 6) is 0.185. The lowest BCUT2D eigenvalue weighted by atomic mass is 9.82. The Morgan fingerprint density at radius 1 is 1.16 bits per heavy atom. The van der Waals surface area contributed by atoms with Crippen molar-refractivity contribution < 1.29 is 25.8 Å². The van der Waals surface area contributed by atoms with Gasteiger partial charge in [-0.3, -0.25) is 4.18 Å². The van der Waals surface area contributed by atoms with Crippen molar-refractivity contribution in [1.29, 1.82) is 0 Å². The summed E-state index contributed by atoms with van der Waals surface area (Å²) in [5.41, 5.74) is -4.02. The van der Waals surface area contributed by atoms with Crippen LogP contribution in [0.4, 0.5) is 13.2 Å². The second-order valence-electron chi connectivity index (χ2n) is 4.59. The third kappa shape index (κ3) is 2.76. The molecular formula is C12H13F3O3S. The number of rotatable bonds is 2. The van der Waals surface area contributed by atoms with E-state index in [0.29, 0.717) is 12.0 Å². The van der Waals surface area contributed by atoms with Crippen LogP contribution in [0.25, 0.3) is 0 Å². The standard InChI is InChI=1S/C12H13F3O3S/c1-8-6-7-11(10-5-3-2-4-9(8)10)18-19(16,17)12(13,14)15/h2-5,8,11H,6-7H2,1H3. The number of halogens is 3. The largest absolute Gasteiger partial charge is 0.523 e. The van der Waals surface area contributed by atoms with E-state index in [-0.39, 0.29) is 12.3 Å². The Morgan fingerprint density at radius 2 is 1.74 bits per heavy atom. The Morgan fingerprint density at radius 3 is 2.32 bits per heavy atom. The number of alkyl halides is 3. The van der Waals surface area contributed by atoms with E-state index in [1.165, 1.54) is 0 Å². The van der Waals surface area contributed by atoms with Gasteiger partial charge in [-0.05, 0) is 29.9 Å². The Kier molecular flexibility index (Phi) is 3.61. The summed E-state index contributed by atoms with van der Waals surface area (Å²) >= 11 is 0. The van der Waals surface area contributed by atoms with Gasteiger partial charge in [-0.1, -0.05) is 31.2 Å². The minimum absolute atomic E-state index is 0.185. The van der Waals surface area contributed by atoms with Crippen LogP contribution in [-0.4, -0.2) is 13.9 Å². The Hall–Kier alpha value is -1.08. The number of hydrogen-bond acceptors (Lipinski definition) is 3. The Labute approximate surface area is 109 Å². The minimum Gasteiger partial charge on any atom is -0.255 e. The van der Waals surface area contributed by atoms with Gasteiger partial charge in [0, 0.05) is 0 Å². The van der Waals surface area contributed by atoms with Gasteiger partial charge in [0.05, 0.1) is 0 Å². The fourth-order valence-electron chi connectivity index (χ4n) is 2.27. The predicted molar refractivity (Wildman–Crippen MR) is 62.9 cm³/mol. The number of benzene rings is 1. The zero-order valence-corrected chi connectivity index (χ0v) is 11.0. The summed E-state index contributed by atoms with van der Waals surface area (Å²) in [5, 5.41) is 0. The van der Waals surface area contributed by atoms with Gasteiger partial charge in [-0.15, -0.1) is 0 Å². The molecule has 3 nitrogen and oxygen atoms in total. The molecule has 0 heterocycles. The van der Waals surface area contributed by atoms with Crippen molar-refractivity contribution in [3.05, 3.63) is 35.4 Å². The Bertz CT molecular complexity index is 566. The lowest BCUT2D eigenvalue weighted by Gasteiger charge is -2.29. The molecule has 1 aromatic rings. The average molecular weight is 294 g/mol. The Balaban J connectivity index is 2.32. The van der Waals surface area contributed by atoms with E-state index in [1.54, 1.807) is 24.3 Å². The summed E-state index contributed by atoms with van der Waals surface area (Å²) in [6, 6.07) is 6.83. The van der Waals surface area contributed by atoms with Crippen LogP contribution in [0.1, 0.15) is 42.9 Å². The molecule has 0 fully saturated rings. The molecule has 0 saturated heterocycles. The van der Waals surface area contributed by atoms with Gasteiger partial charge < -0.3 is 0 Å². The second kappa shape index (κ2) is 4.79. The van der Waals surface area contributed by atoms with Gasteiger partial charge in [0.1, 0.15) is 6.10 Å². The molecule has 0 aromatic heterocycles. The summed E-state index contributed by atoms with van der Waals surface area (Å²) < 4.78 is 63.5. The zero-order chi connectivity index (χ0) is 14.3. The SMILES string of the molecule is CC1CCC(OS(=O)(=O)C(F)(F)F)c2ccccc21. The van der Waals surface area contributed by atoms with Crippen LogP contribution in [0, 0.1) is 0 Å². The third-order valence-electron chi connectivity index (χ3n) is 3.26. The van der Waals surface area contributed by atoms with Crippen molar-refractivity contribution in [3.63, 3.8) is 0 Å². The van der Waals surface area contributed by atoms with Gasteiger partial charge >= 0.3 is 15.6 Å². The zero-order valence-electron chi connectivity index (χ0n) is 10.1. The molecule has 1 aliphatic carbocycles. The molecule has 2 unspecified atom stereocenters. The highest BCUT2D eigenvalue weighted by molar-refractivity contribution is 7.87. The van der Waals surface area contributed by atoms with Gasteiger partial charge in [-0.25, -0.2) is 0 Å². The van der Waals surface area contributed by atoms with Crippen LogP contribution >= 0.6 is 0 Å². The van der Waals surface area contributed by atoms with Crippen molar-refractivity contribution in [2.24, 2.45) is 0 Å². The van der Waals surface area contributed by atoms with E-state index >= 15 is 0 Å². The van der Waals surface area contributed by atoms with Gasteiger partial charge in [0.25, 0.3) is 0 Å². The van der Waals surface area contributed by atoms with E-state index in [1.807, 2.05) is 6.92 Å². The summed E-state index contributed by atoms with van der Waals surface area (Å²) in [7, 11) is -5.56. The van der Waals surface area contributed by atoms with Crippen molar-refractivity contribution in [3.8, 4) is 0 Å². The summed E-state index contributed by atoms with van der Waals surface area (Å²) in [6.45, 7) is 1.95. The highest BCUT2D eigenvalue weighted by atomic mass is 32.2. The van der Waals surface area contributed by atoms with E-state index in [9.17, 15) is 21.6 Å². The van der Waals surface area contributed by atoms with E-state index in [4.69, 9.17) is 0 Å². The maximum absolute atomic E-state index is 12.3. The van der Waals surface area contributed by atoms with Crippen LogP contribution in [0.3, 0.4) is 0 Å². The first kappa shape index (κ1) is 14.3. The molecule has 1 aliphatic rings. The fourth-order valence-corrected chi connectivity index (χ4v) is 2.89. The summed E-state index contributed by atoms with van der Waals surface area (Å²) in [6.07, 6.45) is -0.207. The van der Waals surface area contributed by atoms with Crippen molar-refractivity contribution in [1.82, 2.24) is 0 Å². The van der Waals surface area contributed by atoms with Crippen LogP contribution in [0.2, 0.25) is 0 Å². The van der Waals surface area contributed by atoms with Crippen molar-refractivity contribution in [2.75, 3.05) is 0 Å². The molecule has 0 bridgehead atoms. The molecule has 19 heavy (non-hydrogen) atoms. The number of fused-ring (bicyclic) bond motifs is 1. The van der Waals surface area contributed by atoms with Crippen LogP contribution in [-0.2, 0) is 14.3 Å². The molecule has 0 saturated carbocycles. The molecule has 2 atom stereocenters. The first-order valence-corrected chi connectivity index (χ1v) is 7.21. The molecule has 0 amide bonds. The molecule has 2 rings (SSSR count). The first-order valence-electron chi connectivity index (χ1n) is 5.81. The molecule has 106 valence electrons. The van der Waals surface area contributed by atoms with E-state index < -0.39 is 21.7 Å². The quantitative estimate of drug-likeness (QED) is 0.619. The highest BCUT2D eigenvalue weighted by Crippen LogP contribution is 2.41. The molecule has 0 N–H and O–H groups in total. The van der Waals surface area contributed by atoms with E-state index in [2.05, 4.69) is 4.18 Å². The van der Waals surface area contributed by atoms with Crippen LogP contribution in [0.5, 0.6) is 0 Å². The summed E-state index contributed by atoms with van der Waals surface area (Å²) in [4.78, 5) is 0. The molecule has 7 heteroatoms. The lowest BCUT2D eigenvalue weighted by Crippen LogP contribution is -2.28. The van der Waals surface area contributed by atoms with Crippen molar-refractivity contribution in [2.45, 2.75) is 37.3 Å². The van der Waals surface area contributed by atoms with E-state index in [0.717, 1.165) is 5.56 Å². The number of hydrogen-bond donors (Lipinski definition) is 0. The molecule has 0 aliphatic heterocycles. The normalized spacial score (nSPS) is 24.0. The minimum atomic E-state index is -5.56. The molecular weight excluding hydrogens is 281 g/mol. The predicted octanol–water partition coefficient (Wildman–Crippen LogP) is 3.49. The highest BCUT2D eigenvalue weighted by Gasteiger charge is 2.49. The van der Waals surface area contributed by atoms with Crippen LogP contribution in [0.15, 0.2) is 24.3 Å². The maximum atomic E-state index is 12.3. The van der Waals surface area contributed by atoms with Gasteiger partial charge in [0.2, 0.25) is 0 Å². The smallest absolute Gasteiger partial charge is 0.255 e.